The molecule has 0 aliphatic heterocycles. The molecule has 1 atom stereocenters. The summed E-state index contributed by atoms with van der Waals surface area (Å²) in [5, 5.41) is 0. The minimum Gasteiger partial charge on any atom is -0.374 e. The van der Waals surface area contributed by atoms with Gasteiger partial charge in [-0.1, -0.05) is 30.3 Å². The summed E-state index contributed by atoms with van der Waals surface area (Å²) in [5.74, 6) is 0.674. The molecule has 4 heteroatoms. The highest BCUT2D eigenvalue weighted by molar-refractivity contribution is 5.13. The molecule has 3 nitrogen and oxygen atoms in total. The van der Waals surface area contributed by atoms with Crippen LogP contribution in [0.3, 0.4) is 0 Å². The molecule has 1 aromatic carbocycles. The molecule has 1 unspecified atom stereocenters. The van der Waals surface area contributed by atoms with Crippen molar-refractivity contribution in [3.05, 3.63) is 60.2 Å². The van der Waals surface area contributed by atoms with Gasteiger partial charge in [-0.2, -0.15) is 0 Å². The van der Waals surface area contributed by atoms with Crippen molar-refractivity contribution in [1.82, 2.24) is 9.97 Å². The van der Waals surface area contributed by atoms with E-state index in [0.29, 0.717) is 25.3 Å². The van der Waals surface area contributed by atoms with E-state index in [0.717, 1.165) is 5.56 Å². The van der Waals surface area contributed by atoms with Gasteiger partial charge in [0.05, 0.1) is 13.2 Å². The summed E-state index contributed by atoms with van der Waals surface area (Å²) in [7, 11) is 0. The fourth-order valence-electron chi connectivity index (χ4n) is 1.71. The second-order valence-corrected chi connectivity index (χ2v) is 4.30. The minimum atomic E-state index is -0.979. The Morgan fingerprint density at radius 3 is 2.53 bits per heavy atom. The lowest BCUT2D eigenvalue weighted by molar-refractivity contribution is 0.0664. The van der Waals surface area contributed by atoms with Gasteiger partial charge in [-0.05, 0) is 18.1 Å². The van der Waals surface area contributed by atoms with Crippen molar-refractivity contribution in [2.45, 2.75) is 25.6 Å². The van der Waals surface area contributed by atoms with E-state index in [9.17, 15) is 4.39 Å². The molecular formula is C15H17FN2O. The first-order valence-electron chi connectivity index (χ1n) is 6.36. The Bertz CT molecular complexity index is 464. The molecule has 0 saturated heterocycles. The molecule has 0 aliphatic rings. The first-order valence-corrected chi connectivity index (χ1v) is 6.36. The summed E-state index contributed by atoms with van der Waals surface area (Å²) in [6, 6.07) is 11.5. The van der Waals surface area contributed by atoms with Gasteiger partial charge in [-0.15, -0.1) is 0 Å². The number of rotatable bonds is 7. The van der Waals surface area contributed by atoms with Crippen LogP contribution in [0.2, 0.25) is 0 Å². The van der Waals surface area contributed by atoms with Crippen LogP contribution in [0.15, 0.2) is 48.8 Å². The fraction of sp³-hybridized carbons (Fsp3) is 0.333. The molecular weight excluding hydrogens is 243 g/mol. The van der Waals surface area contributed by atoms with E-state index in [4.69, 9.17) is 4.74 Å². The standard InChI is InChI=1S/C15H17FN2O/c16-14(7-8-15-17-9-4-10-18-15)12-19-11-13-5-2-1-3-6-13/h1-6,9-10,14H,7-8,11-12H2. The van der Waals surface area contributed by atoms with Gasteiger partial charge in [-0.3, -0.25) is 0 Å². The van der Waals surface area contributed by atoms with Gasteiger partial charge >= 0.3 is 0 Å². The monoisotopic (exact) mass is 260 g/mol. The Balaban J connectivity index is 1.64. The zero-order valence-electron chi connectivity index (χ0n) is 10.7. The van der Waals surface area contributed by atoms with Crippen LogP contribution >= 0.6 is 0 Å². The van der Waals surface area contributed by atoms with Gasteiger partial charge in [0.1, 0.15) is 12.0 Å². The Hall–Kier alpha value is -1.81. The number of aryl methyl sites for hydroxylation is 1. The van der Waals surface area contributed by atoms with Crippen molar-refractivity contribution >= 4 is 0 Å². The highest BCUT2D eigenvalue weighted by Crippen LogP contribution is 2.06. The lowest BCUT2D eigenvalue weighted by atomic mass is 10.2. The number of benzene rings is 1. The SMILES string of the molecule is FC(CCc1ncccn1)COCc1ccccc1. The number of halogens is 1. The van der Waals surface area contributed by atoms with Crippen molar-refractivity contribution < 1.29 is 9.13 Å². The normalized spacial score (nSPS) is 12.3. The van der Waals surface area contributed by atoms with E-state index >= 15 is 0 Å². The molecule has 0 aliphatic carbocycles. The number of hydrogen-bond acceptors (Lipinski definition) is 3. The highest BCUT2D eigenvalue weighted by Gasteiger charge is 2.08. The number of nitrogens with zero attached hydrogens (tertiary/aromatic N) is 2. The zero-order valence-corrected chi connectivity index (χ0v) is 10.7. The number of aromatic nitrogens is 2. The van der Waals surface area contributed by atoms with Crippen molar-refractivity contribution in [3.8, 4) is 0 Å². The van der Waals surface area contributed by atoms with E-state index in [-0.39, 0.29) is 6.61 Å². The molecule has 0 spiro atoms. The third-order valence-electron chi connectivity index (χ3n) is 2.71. The molecule has 1 aromatic heterocycles. The fourth-order valence-corrected chi connectivity index (χ4v) is 1.71. The minimum absolute atomic E-state index is 0.113. The molecule has 2 rings (SSSR count). The first-order chi connectivity index (χ1) is 9.34. The van der Waals surface area contributed by atoms with Gasteiger partial charge in [0, 0.05) is 18.8 Å². The summed E-state index contributed by atoms with van der Waals surface area (Å²) in [6.45, 7) is 0.560. The quantitative estimate of drug-likeness (QED) is 0.767. The number of hydrogen-bond donors (Lipinski definition) is 0. The third-order valence-corrected chi connectivity index (χ3v) is 2.71. The lowest BCUT2D eigenvalue weighted by Crippen LogP contribution is -2.12. The molecule has 1 heterocycles. The summed E-state index contributed by atoms with van der Waals surface area (Å²) < 4.78 is 19.0. The topological polar surface area (TPSA) is 35.0 Å². The Labute approximate surface area is 112 Å². The van der Waals surface area contributed by atoms with Crippen molar-refractivity contribution in [2.75, 3.05) is 6.61 Å². The maximum atomic E-state index is 13.6. The van der Waals surface area contributed by atoms with Gasteiger partial charge in [0.15, 0.2) is 0 Å². The largest absolute Gasteiger partial charge is 0.374 e. The van der Waals surface area contributed by atoms with Gasteiger partial charge in [0.2, 0.25) is 0 Å². The van der Waals surface area contributed by atoms with Gasteiger partial charge < -0.3 is 4.74 Å². The van der Waals surface area contributed by atoms with Crippen LogP contribution in [-0.2, 0) is 17.8 Å². The predicted octanol–water partition coefficient (Wildman–Crippen LogP) is 2.96. The van der Waals surface area contributed by atoms with Crippen LogP contribution in [0.4, 0.5) is 4.39 Å². The van der Waals surface area contributed by atoms with E-state index in [1.165, 1.54) is 0 Å². The summed E-state index contributed by atoms with van der Waals surface area (Å²) in [5.41, 5.74) is 1.06. The molecule has 0 saturated carbocycles. The Morgan fingerprint density at radius 2 is 1.79 bits per heavy atom. The maximum Gasteiger partial charge on any atom is 0.128 e. The molecule has 0 radical (unpaired) electrons. The Kier molecular flexibility index (Phi) is 5.44. The zero-order chi connectivity index (χ0) is 13.3. The Morgan fingerprint density at radius 1 is 1.05 bits per heavy atom. The van der Waals surface area contributed by atoms with Crippen molar-refractivity contribution in [3.63, 3.8) is 0 Å². The molecule has 0 fully saturated rings. The molecule has 2 aromatic rings. The van der Waals surface area contributed by atoms with Crippen LogP contribution in [0, 0.1) is 0 Å². The summed E-state index contributed by atoms with van der Waals surface area (Å²) in [4.78, 5) is 8.12. The summed E-state index contributed by atoms with van der Waals surface area (Å²) >= 11 is 0. The average Bonchev–Trinajstić information content (AvgIpc) is 2.47. The van der Waals surface area contributed by atoms with Crippen LogP contribution in [0.5, 0.6) is 0 Å². The molecule has 100 valence electrons. The lowest BCUT2D eigenvalue weighted by Gasteiger charge is -2.08. The predicted molar refractivity (Wildman–Crippen MR) is 71.3 cm³/mol. The van der Waals surface area contributed by atoms with Crippen LogP contribution in [0.1, 0.15) is 17.8 Å². The van der Waals surface area contributed by atoms with E-state index < -0.39 is 6.17 Å². The second kappa shape index (κ2) is 7.59. The third kappa shape index (κ3) is 5.14. The number of alkyl halides is 1. The number of ether oxygens (including phenoxy) is 1. The summed E-state index contributed by atoms with van der Waals surface area (Å²) in [6.07, 6.45) is 3.28. The average molecular weight is 260 g/mol. The first kappa shape index (κ1) is 13.6. The molecule has 0 bridgehead atoms. The van der Waals surface area contributed by atoms with E-state index in [2.05, 4.69) is 9.97 Å². The smallest absolute Gasteiger partial charge is 0.128 e. The second-order valence-electron chi connectivity index (χ2n) is 4.30. The van der Waals surface area contributed by atoms with E-state index in [1.54, 1.807) is 18.5 Å². The maximum absolute atomic E-state index is 13.6. The van der Waals surface area contributed by atoms with Gasteiger partial charge in [-0.25, -0.2) is 14.4 Å². The van der Waals surface area contributed by atoms with Gasteiger partial charge in [0.25, 0.3) is 0 Å². The molecule has 19 heavy (non-hydrogen) atoms. The molecule has 0 N–H and O–H groups in total. The van der Waals surface area contributed by atoms with Crippen LogP contribution < -0.4 is 0 Å². The van der Waals surface area contributed by atoms with Crippen LogP contribution in [0.25, 0.3) is 0 Å². The highest BCUT2D eigenvalue weighted by atomic mass is 19.1. The van der Waals surface area contributed by atoms with Crippen molar-refractivity contribution in [1.29, 1.82) is 0 Å². The van der Waals surface area contributed by atoms with Crippen LogP contribution in [-0.4, -0.2) is 22.7 Å². The van der Waals surface area contributed by atoms with Crippen molar-refractivity contribution in [2.24, 2.45) is 0 Å². The van der Waals surface area contributed by atoms with E-state index in [1.807, 2.05) is 30.3 Å². The molecule has 0 amide bonds.